The zero-order valence-electron chi connectivity index (χ0n) is 11.2. The average Bonchev–Trinajstić information content (AvgIpc) is 2.95. The Kier molecular flexibility index (Phi) is 3.53. The summed E-state index contributed by atoms with van der Waals surface area (Å²) in [5.74, 6) is 1.41. The van der Waals surface area contributed by atoms with Crippen LogP contribution in [0.2, 0.25) is 0 Å². The summed E-state index contributed by atoms with van der Waals surface area (Å²) < 4.78 is 5.84. The molecule has 100 valence electrons. The molecule has 2 unspecified atom stereocenters. The van der Waals surface area contributed by atoms with Gasteiger partial charge in [-0.25, -0.2) is 4.98 Å². The first-order valence-electron chi connectivity index (χ1n) is 6.61. The molecule has 2 aromatic rings. The van der Waals surface area contributed by atoms with E-state index in [4.69, 9.17) is 4.74 Å². The second kappa shape index (κ2) is 5.31. The Hall–Kier alpha value is -1.39. The van der Waals surface area contributed by atoms with Crippen molar-refractivity contribution < 1.29 is 4.74 Å². The number of hydrogen-bond donors (Lipinski definition) is 1. The van der Waals surface area contributed by atoms with Gasteiger partial charge in [-0.05, 0) is 32.0 Å². The van der Waals surface area contributed by atoms with Crippen LogP contribution < -0.4 is 10.1 Å². The zero-order chi connectivity index (χ0) is 13.2. The minimum Gasteiger partial charge on any atom is -0.493 e. The molecule has 3 nitrogen and oxygen atoms in total. The molecule has 1 aromatic heterocycles. The van der Waals surface area contributed by atoms with Crippen molar-refractivity contribution in [2.24, 2.45) is 0 Å². The number of fused-ring (bicyclic) bond motifs is 1. The zero-order valence-corrected chi connectivity index (χ0v) is 12.0. The highest BCUT2D eigenvalue weighted by Crippen LogP contribution is 2.34. The van der Waals surface area contributed by atoms with Gasteiger partial charge in [0, 0.05) is 23.0 Å². The summed E-state index contributed by atoms with van der Waals surface area (Å²) in [6, 6.07) is 8.65. The van der Waals surface area contributed by atoms with Crippen molar-refractivity contribution in [2.45, 2.75) is 25.3 Å². The Labute approximate surface area is 117 Å². The van der Waals surface area contributed by atoms with Gasteiger partial charge in [-0.1, -0.05) is 18.2 Å². The quantitative estimate of drug-likeness (QED) is 0.933. The predicted molar refractivity (Wildman–Crippen MR) is 78.0 cm³/mol. The lowest BCUT2D eigenvalue weighted by Crippen LogP contribution is -2.18. The Morgan fingerprint density at radius 2 is 2.26 bits per heavy atom. The highest BCUT2D eigenvalue weighted by molar-refractivity contribution is 7.11. The molecule has 2 atom stereocenters. The molecule has 19 heavy (non-hydrogen) atoms. The monoisotopic (exact) mass is 274 g/mol. The first kappa shape index (κ1) is 12.6. The standard InChI is InChI=1S/C15H18N2OS/c1-10(16-2)14-8-17-15(19-14)12-7-11-5-3-4-6-13(11)18-9-12/h3-6,8,10,12,16H,7,9H2,1-2H3. The molecule has 1 aromatic carbocycles. The molecule has 0 bridgehead atoms. The summed E-state index contributed by atoms with van der Waals surface area (Å²) in [5.41, 5.74) is 1.29. The van der Waals surface area contributed by atoms with Gasteiger partial charge in [-0.2, -0.15) is 0 Å². The van der Waals surface area contributed by atoms with Gasteiger partial charge < -0.3 is 10.1 Å². The highest BCUT2D eigenvalue weighted by Gasteiger charge is 2.24. The van der Waals surface area contributed by atoms with Crippen LogP contribution in [-0.2, 0) is 6.42 Å². The lowest BCUT2D eigenvalue weighted by molar-refractivity contribution is 0.262. The van der Waals surface area contributed by atoms with Crippen LogP contribution in [0.1, 0.15) is 34.3 Å². The molecule has 1 aliphatic rings. The van der Waals surface area contributed by atoms with Crippen LogP contribution in [0.5, 0.6) is 5.75 Å². The molecule has 0 saturated heterocycles. The lowest BCUT2D eigenvalue weighted by atomic mass is 9.97. The van der Waals surface area contributed by atoms with Gasteiger partial charge in [-0.3, -0.25) is 0 Å². The van der Waals surface area contributed by atoms with Crippen LogP contribution in [0.3, 0.4) is 0 Å². The van der Waals surface area contributed by atoms with Gasteiger partial charge in [0.05, 0.1) is 11.6 Å². The molecule has 3 rings (SSSR count). The molecule has 0 spiro atoms. The van der Waals surface area contributed by atoms with E-state index in [-0.39, 0.29) is 0 Å². The Bertz CT molecular complexity index is 567. The van der Waals surface area contributed by atoms with Crippen LogP contribution >= 0.6 is 11.3 Å². The molecule has 1 N–H and O–H groups in total. The van der Waals surface area contributed by atoms with Crippen molar-refractivity contribution in [1.29, 1.82) is 0 Å². The molecule has 2 heterocycles. The van der Waals surface area contributed by atoms with E-state index >= 15 is 0 Å². The lowest BCUT2D eigenvalue weighted by Gasteiger charge is -2.23. The summed E-state index contributed by atoms with van der Waals surface area (Å²) >= 11 is 1.79. The van der Waals surface area contributed by atoms with Gasteiger partial charge >= 0.3 is 0 Å². The SMILES string of the molecule is CNC(C)c1cnc(C2COc3ccccc3C2)s1. The van der Waals surface area contributed by atoms with E-state index in [1.165, 1.54) is 15.4 Å². The van der Waals surface area contributed by atoms with Crippen LogP contribution in [0.4, 0.5) is 0 Å². The van der Waals surface area contributed by atoms with E-state index < -0.39 is 0 Å². The molecule has 0 radical (unpaired) electrons. The third-order valence-corrected chi connectivity index (χ3v) is 4.97. The van der Waals surface area contributed by atoms with Gasteiger partial charge in [-0.15, -0.1) is 11.3 Å². The fourth-order valence-electron chi connectivity index (χ4n) is 2.32. The van der Waals surface area contributed by atoms with Crippen LogP contribution in [0.15, 0.2) is 30.5 Å². The van der Waals surface area contributed by atoms with Gasteiger partial charge in [0.1, 0.15) is 5.75 Å². The van der Waals surface area contributed by atoms with Crippen LogP contribution in [-0.4, -0.2) is 18.6 Å². The van der Waals surface area contributed by atoms with Crippen molar-refractivity contribution in [1.82, 2.24) is 10.3 Å². The minimum absolute atomic E-state index is 0.364. The second-order valence-electron chi connectivity index (χ2n) is 4.93. The number of nitrogens with zero attached hydrogens (tertiary/aromatic N) is 1. The van der Waals surface area contributed by atoms with E-state index in [1.807, 2.05) is 25.4 Å². The Morgan fingerprint density at radius 1 is 1.42 bits per heavy atom. The van der Waals surface area contributed by atoms with E-state index in [2.05, 4.69) is 29.4 Å². The molecule has 0 aliphatic carbocycles. The van der Waals surface area contributed by atoms with Gasteiger partial charge in [0.2, 0.25) is 0 Å². The number of aromatic nitrogens is 1. The molecule has 0 amide bonds. The molecular weight excluding hydrogens is 256 g/mol. The number of rotatable bonds is 3. The normalized spacial score (nSPS) is 19.6. The number of para-hydroxylation sites is 1. The van der Waals surface area contributed by atoms with E-state index in [1.54, 1.807) is 11.3 Å². The number of hydrogen-bond acceptors (Lipinski definition) is 4. The third-order valence-electron chi connectivity index (χ3n) is 3.63. The molecule has 4 heteroatoms. The Morgan fingerprint density at radius 3 is 3.11 bits per heavy atom. The number of nitrogens with one attached hydrogen (secondary N) is 1. The van der Waals surface area contributed by atoms with E-state index in [0.29, 0.717) is 12.0 Å². The molecule has 0 fully saturated rings. The highest BCUT2D eigenvalue weighted by atomic mass is 32.1. The summed E-state index contributed by atoms with van der Waals surface area (Å²) in [4.78, 5) is 5.87. The van der Waals surface area contributed by atoms with Crippen LogP contribution in [0.25, 0.3) is 0 Å². The summed E-state index contributed by atoms with van der Waals surface area (Å²) in [7, 11) is 1.98. The Balaban J connectivity index is 1.79. The smallest absolute Gasteiger partial charge is 0.122 e. The van der Waals surface area contributed by atoms with Crippen molar-refractivity contribution in [3.63, 3.8) is 0 Å². The van der Waals surface area contributed by atoms with Crippen molar-refractivity contribution in [3.05, 3.63) is 45.9 Å². The van der Waals surface area contributed by atoms with E-state index in [0.717, 1.165) is 18.8 Å². The maximum atomic E-state index is 5.84. The number of benzene rings is 1. The number of thiazole rings is 1. The van der Waals surface area contributed by atoms with Gasteiger partial charge in [0.15, 0.2) is 0 Å². The maximum absolute atomic E-state index is 5.84. The summed E-state index contributed by atoms with van der Waals surface area (Å²) in [5, 5.41) is 4.44. The fourth-order valence-corrected chi connectivity index (χ4v) is 3.38. The average molecular weight is 274 g/mol. The molecular formula is C15H18N2OS. The third kappa shape index (κ3) is 2.51. The van der Waals surface area contributed by atoms with E-state index in [9.17, 15) is 0 Å². The first-order chi connectivity index (χ1) is 9.28. The fraction of sp³-hybridized carbons (Fsp3) is 0.400. The largest absolute Gasteiger partial charge is 0.493 e. The summed E-state index contributed by atoms with van der Waals surface area (Å²) in [6.07, 6.45) is 3.01. The van der Waals surface area contributed by atoms with Gasteiger partial charge in [0.25, 0.3) is 0 Å². The first-order valence-corrected chi connectivity index (χ1v) is 7.43. The molecule has 1 aliphatic heterocycles. The molecule has 0 saturated carbocycles. The van der Waals surface area contributed by atoms with Crippen molar-refractivity contribution in [2.75, 3.05) is 13.7 Å². The van der Waals surface area contributed by atoms with Crippen LogP contribution in [0, 0.1) is 0 Å². The predicted octanol–water partition coefficient (Wildman–Crippen LogP) is 3.14. The van der Waals surface area contributed by atoms with Crippen molar-refractivity contribution in [3.8, 4) is 5.75 Å². The topological polar surface area (TPSA) is 34.2 Å². The second-order valence-corrected chi connectivity index (χ2v) is 6.02. The maximum Gasteiger partial charge on any atom is 0.122 e. The minimum atomic E-state index is 0.364. The summed E-state index contributed by atoms with van der Waals surface area (Å²) in [6.45, 7) is 2.89. The van der Waals surface area contributed by atoms with Crippen molar-refractivity contribution >= 4 is 11.3 Å². The number of ether oxygens (including phenoxy) is 1.